The van der Waals surface area contributed by atoms with Gasteiger partial charge in [-0.15, -0.1) is 0 Å². The minimum Gasteiger partial charge on any atom is -0.444 e. The van der Waals surface area contributed by atoms with Crippen molar-refractivity contribution < 1.29 is 14.3 Å². The first-order valence-electron chi connectivity index (χ1n) is 15.8. The van der Waals surface area contributed by atoms with E-state index in [-0.39, 0.29) is 11.9 Å². The second-order valence-corrected chi connectivity index (χ2v) is 14.0. The largest absolute Gasteiger partial charge is 0.444 e. The van der Waals surface area contributed by atoms with Gasteiger partial charge in [-0.05, 0) is 93.7 Å². The number of carbonyl (C=O) groups excluding carboxylic acids is 2. The number of pyridine rings is 1. The van der Waals surface area contributed by atoms with E-state index in [2.05, 4.69) is 39.6 Å². The molecule has 9 nitrogen and oxygen atoms in total. The van der Waals surface area contributed by atoms with Crippen molar-refractivity contribution in [3.05, 3.63) is 82.2 Å². The maximum Gasteiger partial charge on any atom is 0.411 e. The van der Waals surface area contributed by atoms with Gasteiger partial charge in [-0.1, -0.05) is 23.7 Å². The van der Waals surface area contributed by atoms with Crippen LogP contribution in [0.25, 0.3) is 0 Å². The minimum atomic E-state index is -0.668. The standard InChI is InChI=1S/C34H43ClN6O3/c1-23-16-26-8-7-25-17-27(35)9-10-28(25)31(30(26)37-18-23)39-14-15-41(33(43)44-34(2,3)4)29(21-39)32(42)40-12-5-6-24(20-40)19-38-13-11-36-22-38/h9-11,13,16-18,22,24,29,31H,5-8,12,14-15,19-21H2,1-4H3/t24-,29-,31-/m1/s1. The van der Waals surface area contributed by atoms with Crippen LogP contribution >= 0.6 is 11.6 Å². The molecule has 6 rings (SSSR count). The van der Waals surface area contributed by atoms with Crippen LogP contribution in [0, 0.1) is 12.8 Å². The molecular formula is C34H43ClN6O3. The summed E-state index contributed by atoms with van der Waals surface area (Å²) in [6, 6.07) is 7.54. The third kappa shape index (κ3) is 6.64. The highest BCUT2D eigenvalue weighted by Gasteiger charge is 2.43. The Balaban J connectivity index is 1.32. The van der Waals surface area contributed by atoms with E-state index in [0.29, 0.717) is 38.6 Å². The molecule has 0 radical (unpaired) electrons. The first kappa shape index (κ1) is 30.6. The Morgan fingerprint density at radius 1 is 1.07 bits per heavy atom. The summed E-state index contributed by atoms with van der Waals surface area (Å²) < 4.78 is 7.92. The van der Waals surface area contributed by atoms with Crippen molar-refractivity contribution in [2.75, 3.05) is 32.7 Å². The van der Waals surface area contributed by atoms with Crippen molar-refractivity contribution in [3.8, 4) is 0 Å². The lowest BCUT2D eigenvalue weighted by molar-refractivity contribution is -0.141. The zero-order chi connectivity index (χ0) is 31.0. The fraction of sp³-hybridized carbons (Fsp3) is 0.529. The molecule has 2 aromatic heterocycles. The Bertz CT molecular complexity index is 1450. The molecule has 1 aromatic carbocycles. The van der Waals surface area contributed by atoms with Gasteiger partial charge in [0.1, 0.15) is 11.6 Å². The van der Waals surface area contributed by atoms with Crippen LogP contribution in [0.5, 0.6) is 0 Å². The number of imidazole rings is 1. The Labute approximate surface area is 265 Å². The van der Waals surface area contributed by atoms with Gasteiger partial charge in [-0.2, -0.15) is 0 Å². The number of hydrogen-bond donors (Lipinski definition) is 0. The number of aryl methyl sites for hydroxylation is 3. The molecule has 44 heavy (non-hydrogen) atoms. The molecule has 0 spiro atoms. The Hall–Kier alpha value is -3.43. The second kappa shape index (κ2) is 12.5. The van der Waals surface area contributed by atoms with E-state index in [4.69, 9.17) is 21.3 Å². The van der Waals surface area contributed by atoms with Crippen LogP contribution < -0.4 is 0 Å². The summed E-state index contributed by atoms with van der Waals surface area (Å²) in [5.41, 5.74) is 5.08. The highest BCUT2D eigenvalue weighted by molar-refractivity contribution is 6.30. The van der Waals surface area contributed by atoms with Crippen molar-refractivity contribution >= 4 is 23.6 Å². The fourth-order valence-corrected chi connectivity index (χ4v) is 7.23. The molecule has 1 aliphatic carbocycles. The van der Waals surface area contributed by atoms with Crippen LogP contribution in [-0.2, 0) is 28.9 Å². The average molecular weight is 619 g/mol. The molecule has 2 saturated heterocycles. The molecule has 4 heterocycles. The topological polar surface area (TPSA) is 83.8 Å². The van der Waals surface area contributed by atoms with E-state index in [1.54, 1.807) is 11.1 Å². The molecule has 2 fully saturated rings. The second-order valence-electron chi connectivity index (χ2n) is 13.5. The van der Waals surface area contributed by atoms with Gasteiger partial charge in [0, 0.05) is 62.9 Å². The van der Waals surface area contributed by atoms with Crippen LogP contribution in [0.4, 0.5) is 4.79 Å². The monoisotopic (exact) mass is 618 g/mol. The predicted octanol–water partition coefficient (Wildman–Crippen LogP) is 5.29. The van der Waals surface area contributed by atoms with E-state index < -0.39 is 17.7 Å². The number of fused-ring (bicyclic) bond motifs is 2. The van der Waals surface area contributed by atoms with Crippen LogP contribution in [0.1, 0.15) is 67.6 Å². The molecule has 2 amide bonds. The van der Waals surface area contributed by atoms with Crippen LogP contribution in [0.3, 0.4) is 0 Å². The molecule has 0 N–H and O–H groups in total. The third-order valence-electron chi connectivity index (χ3n) is 9.01. The molecule has 0 saturated carbocycles. The van der Waals surface area contributed by atoms with Crippen LogP contribution in [0.15, 0.2) is 49.2 Å². The van der Waals surface area contributed by atoms with Gasteiger partial charge >= 0.3 is 6.09 Å². The lowest BCUT2D eigenvalue weighted by atomic mass is 9.94. The van der Waals surface area contributed by atoms with E-state index in [9.17, 15) is 9.59 Å². The molecular weight excluding hydrogens is 576 g/mol. The van der Waals surface area contributed by atoms with Crippen molar-refractivity contribution in [2.24, 2.45) is 5.92 Å². The number of piperidine rings is 1. The predicted molar refractivity (Wildman–Crippen MR) is 170 cm³/mol. The van der Waals surface area contributed by atoms with E-state index >= 15 is 0 Å². The van der Waals surface area contributed by atoms with E-state index in [1.807, 2.05) is 50.5 Å². The number of halogens is 1. The van der Waals surface area contributed by atoms with Crippen molar-refractivity contribution in [2.45, 2.75) is 77.6 Å². The summed E-state index contributed by atoms with van der Waals surface area (Å²) in [6.45, 7) is 11.2. The molecule has 2 aliphatic heterocycles. The molecule has 234 valence electrons. The maximum absolute atomic E-state index is 14.5. The normalized spacial score (nSPS) is 22.6. The highest BCUT2D eigenvalue weighted by Crippen LogP contribution is 2.38. The number of rotatable bonds is 4. The fourth-order valence-electron chi connectivity index (χ4n) is 7.04. The zero-order valence-corrected chi connectivity index (χ0v) is 27.0. The molecule has 0 bridgehead atoms. The number of benzene rings is 1. The van der Waals surface area contributed by atoms with Crippen molar-refractivity contribution in [1.82, 2.24) is 29.2 Å². The summed E-state index contributed by atoms with van der Waals surface area (Å²) in [5, 5.41) is 0.718. The minimum absolute atomic E-state index is 0.0158. The van der Waals surface area contributed by atoms with Gasteiger partial charge < -0.3 is 14.2 Å². The first-order valence-corrected chi connectivity index (χ1v) is 16.2. The van der Waals surface area contributed by atoms with Crippen LogP contribution in [-0.4, -0.2) is 85.6 Å². The van der Waals surface area contributed by atoms with E-state index in [0.717, 1.165) is 48.5 Å². The SMILES string of the molecule is Cc1cnc2c(c1)CCc1cc(Cl)ccc1[C@H]2N1CCN(C(=O)OC(C)(C)C)[C@@H](C(=O)N2CCC[C@H](Cn3ccnc3)C2)C1. The maximum atomic E-state index is 14.5. The van der Waals surface area contributed by atoms with Crippen molar-refractivity contribution in [1.29, 1.82) is 0 Å². The van der Waals surface area contributed by atoms with Gasteiger partial charge in [-0.25, -0.2) is 9.78 Å². The van der Waals surface area contributed by atoms with Crippen LogP contribution in [0.2, 0.25) is 5.02 Å². The molecule has 3 aliphatic rings. The first-order chi connectivity index (χ1) is 21.1. The van der Waals surface area contributed by atoms with Gasteiger partial charge in [-0.3, -0.25) is 19.6 Å². The smallest absolute Gasteiger partial charge is 0.411 e. The average Bonchev–Trinajstić information content (AvgIpc) is 3.44. The number of amides is 2. The molecule has 3 atom stereocenters. The molecule has 0 unspecified atom stereocenters. The Morgan fingerprint density at radius 3 is 2.66 bits per heavy atom. The number of piperazine rings is 1. The highest BCUT2D eigenvalue weighted by atomic mass is 35.5. The van der Waals surface area contributed by atoms with Gasteiger partial charge in [0.25, 0.3) is 0 Å². The number of likely N-dealkylation sites (tertiary alicyclic amines) is 1. The summed E-state index contributed by atoms with van der Waals surface area (Å²) >= 11 is 6.47. The lowest BCUT2D eigenvalue weighted by Gasteiger charge is -2.46. The number of carbonyl (C=O) groups is 2. The molecule has 10 heteroatoms. The Morgan fingerprint density at radius 2 is 1.89 bits per heavy atom. The summed E-state index contributed by atoms with van der Waals surface area (Å²) in [6.07, 6.45) is 10.8. The van der Waals surface area contributed by atoms with Gasteiger partial charge in [0.15, 0.2) is 0 Å². The lowest BCUT2D eigenvalue weighted by Crippen LogP contribution is -2.63. The molecule has 3 aromatic rings. The number of hydrogen-bond acceptors (Lipinski definition) is 6. The quantitative estimate of drug-likeness (QED) is 0.395. The Kier molecular flexibility index (Phi) is 8.70. The van der Waals surface area contributed by atoms with Crippen molar-refractivity contribution in [3.63, 3.8) is 0 Å². The summed E-state index contributed by atoms with van der Waals surface area (Å²) in [5.74, 6) is 0.312. The number of ether oxygens (including phenoxy) is 1. The van der Waals surface area contributed by atoms with Gasteiger partial charge in [0.05, 0.1) is 18.1 Å². The van der Waals surface area contributed by atoms with Gasteiger partial charge in [0.2, 0.25) is 5.91 Å². The third-order valence-corrected chi connectivity index (χ3v) is 9.24. The summed E-state index contributed by atoms with van der Waals surface area (Å²) in [4.78, 5) is 43.2. The number of nitrogens with zero attached hydrogens (tertiary/aromatic N) is 6. The van der Waals surface area contributed by atoms with E-state index in [1.165, 1.54) is 16.7 Å². The number of aromatic nitrogens is 3. The zero-order valence-electron chi connectivity index (χ0n) is 26.2. The summed E-state index contributed by atoms with van der Waals surface area (Å²) in [7, 11) is 0.